The smallest absolute Gasteiger partial charge is 0.0892 e. The van der Waals surface area contributed by atoms with E-state index in [0.29, 0.717) is 6.54 Å². The highest BCUT2D eigenvalue weighted by Crippen LogP contribution is 1.94. The molecule has 0 radical (unpaired) electrons. The molecule has 24 heavy (non-hydrogen) atoms. The number of aliphatic hydroxyl groups excluding tert-OH is 6. The maximum absolute atomic E-state index is 8.29. The van der Waals surface area contributed by atoms with Gasteiger partial charge in [-0.25, -0.2) is 0 Å². The van der Waals surface area contributed by atoms with Crippen molar-refractivity contribution in [2.45, 2.75) is 18.7 Å². The molecule has 0 aliphatic carbocycles. The zero-order valence-corrected chi connectivity index (χ0v) is 14.5. The van der Waals surface area contributed by atoms with Crippen molar-refractivity contribution in [1.82, 2.24) is 0 Å². The van der Waals surface area contributed by atoms with E-state index in [-0.39, 0.29) is 26.4 Å². The molecule has 0 aliphatic heterocycles. The van der Waals surface area contributed by atoms with Gasteiger partial charge in [0.1, 0.15) is 0 Å². The monoisotopic (exact) mass is 353 g/mol. The Kier molecular flexibility index (Phi) is 38.2. The third kappa shape index (κ3) is 28.9. The molecule has 12 N–H and O–H groups in total. The molecule has 0 amide bonds. The summed E-state index contributed by atoms with van der Waals surface area (Å²) in [6, 6.07) is 9.54. The Balaban J connectivity index is -0.000000115. The van der Waals surface area contributed by atoms with E-state index < -0.39 is 12.1 Å². The standard InChI is InChI=1S/C7H9N.2C3H9NO2.2CH4O/c8-6-7-4-2-1-3-5-7;4-3(1-5)2-6;4-1-3(6)2-5;2*1-2/h1-5H,6,8H2;2*3,5-6H,1-2,4H2;2*2H,1H3. The van der Waals surface area contributed by atoms with Gasteiger partial charge in [-0.15, -0.1) is 0 Å². The first kappa shape index (κ1) is 30.7. The highest BCUT2D eigenvalue weighted by molar-refractivity contribution is 5.13. The van der Waals surface area contributed by atoms with Crippen LogP contribution in [0.25, 0.3) is 0 Å². The van der Waals surface area contributed by atoms with Crippen molar-refractivity contribution >= 4 is 0 Å². The van der Waals surface area contributed by atoms with Crippen LogP contribution < -0.4 is 17.2 Å². The topological polar surface area (TPSA) is 199 Å². The van der Waals surface area contributed by atoms with Gasteiger partial charge in [-0.05, 0) is 5.56 Å². The van der Waals surface area contributed by atoms with E-state index in [1.54, 1.807) is 0 Å². The summed E-state index contributed by atoms with van der Waals surface area (Å²) in [5.41, 5.74) is 16.4. The van der Waals surface area contributed by atoms with Crippen LogP contribution in [0.2, 0.25) is 0 Å². The minimum absolute atomic E-state index is 0.135. The van der Waals surface area contributed by atoms with Crippen LogP contribution in [0.4, 0.5) is 0 Å². The van der Waals surface area contributed by atoms with Crippen LogP contribution >= 0.6 is 0 Å². The average molecular weight is 353 g/mol. The third-order valence-electron chi connectivity index (χ3n) is 2.03. The Morgan fingerprint density at radius 3 is 1.38 bits per heavy atom. The van der Waals surface area contributed by atoms with Crippen LogP contribution in [0.3, 0.4) is 0 Å². The van der Waals surface area contributed by atoms with E-state index in [1.807, 2.05) is 30.3 Å². The summed E-state index contributed by atoms with van der Waals surface area (Å²) in [5, 5.41) is 46.4. The van der Waals surface area contributed by atoms with E-state index >= 15 is 0 Å². The van der Waals surface area contributed by atoms with Crippen molar-refractivity contribution in [3.63, 3.8) is 0 Å². The average Bonchev–Trinajstić information content (AvgIpc) is 2.71. The van der Waals surface area contributed by atoms with E-state index in [0.717, 1.165) is 14.2 Å². The van der Waals surface area contributed by atoms with Gasteiger partial charge >= 0.3 is 0 Å². The summed E-state index contributed by atoms with van der Waals surface area (Å²) in [5.74, 6) is 0. The fourth-order valence-electron chi connectivity index (χ4n) is 0.746. The third-order valence-corrected chi connectivity index (χ3v) is 2.03. The molecule has 9 heteroatoms. The fraction of sp³-hybridized carbons (Fsp3) is 0.600. The maximum Gasteiger partial charge on any atom is 0.0892 e. The van der Waals surface area contributed by atoms with Gasteiger partial charge in [0.05, 0.1) is 32.0 Å². The molecule has 1 rings (SSSR count). The Morgan fingerprint density at radius 1 is 0.833 bits per heavy atom. The minimum Gasteiger partial charge on any atom is -0.400 e. The van der Waals surface area contributed by atoms with Crippen molar-refractivity contribution in [3.8, 4) is 0 Å². The minimum atomic E-state index is -0.731. The summed E-state index contributed by atoms with van der Waals surface area (Å²) in [6.07, 6.45) is -0.731. The van der Waals surface area contributed by atoms with Gasteiger partial charge in [-0.2, -0.15) is 0 Å². The van der Waals surface area contributed by atoms with E-state index in [4.69, 9.17) is 47.8 Å². The fourth-order valence-corrected chi connectivity index (χ4v) is 0.746. The molecular formula is C15H35N3O6. The second-order valence-corrected chi connectivity index (χ2v) is 3.89. The molecule has 0 saturated heterocycles. The summed E-state index contributed by atoms with van der Waals surface area (Å²) in [6.45, 7) is 0.251. The van der Waals surface area contributed by atoms with Gasteiger partial charge in [0.2, 0.25) is 0 Å². The quantitative estimate of drug-likeness (QED) is 0.264. The SMILES string of the molecule is CO.CO.NC(CO)CO.NCC(O)CO.NCc1ccccc1. The molecule has 1 aromatic rings. The normalized spacial score (nSPS) is 9.67. The Labute approximate surface area is 144 Å². The van der Waals surface area contributed by atoms with E-state index in [2.05, 4.69) is 0 Å². The molecule has 0 aliphatic rings. The summed E-state index contributed by atoms with van der Waals surface area (Å²) in [4.78, 5) is 0. The predicted molar refractivity (Wildman–Crippen MR) is 94.9 cm³/mol. The molecule has 0 fully saturated rings. The molecule has 1 aromatic carbocycles. The second kappa shape index (κ2) is 29.8. The van der Waals surface area contributed by atoms with Crippen molar-refractivity contribution in [2.24, 2.45) is 17.2 Å². The summed E-state index contributed by atoms with van der Waals surface area (Å²) in [7, 11) is 2.00. The van der Waals surface area contributed by atoms with Crippen LogP contribution in [0.5, 0.6) is 0 Å². The zero-order valence-electron chi connectivity index (χ0n) is 14.5. The molecule has 0 bridgehead atoms. The molecular weight excluding hydrogens is 318 g/mol. The van der Waals surface area contributed by atoms with Gasteiger partial charge in [0.15, 0.2) is 0 Å². The van der Waals surface area contributed by atoms with Crippen LogP contribution in [0, 0.1) is 0 Å². The number of hydrogen-bond donors (Lipinski definition) is 9. The van der Waals surface area contributed by atoms with E-state index in [1.165, 1.54) is 5.56 Å². The Bertz CT molecular complexity index is 276. The molecule has 9 nitrogen and oxygen atoms in total. The molecule has 1 unspecified atom stereocenters. The van der Waals surface area contributed by atoms with Gasteiger partial charge in [0, 0.05) is 27.3 Å². The summed E-state index contributed by atoms with van der Waals surface area (Å²) < 4.78 is 0. The van der Waals surface area contributed by atoms with Crippen molar-refractivity contribution < 1.29 is 30.6 Å². The van der Waals surface area contributed by atoms with E-state index in [9.17, 15) is 0 Å². The van der Waals surface area contributed by atoms with Crippen LogP contribution in [0.15, 0.2) is 30.3 Å². The van der Waals surface area contributed by atoms with Crippen LogP contribution in [-0.4, -0.2) is 83.4 Å². The number of hydrogen-bond acceptors (Lipinski definition) is 9. The molecule has 0 heterocycles. The first-order valence-corrected chi connectivity index (χ1v) is 7.15. The largest absolute Gasteiger partial charge is 0.400 e. The van der Waals surface area contributed by atoms with Crippen molar-refractivity contribution in [2.75, 3.05) is 40.6 Å². The predicted octanol–water partition coefficient (Wildman–Crippen LogP) is -3.04. The number of benzene rings is 1. The Morgan fingerprint density at radius 2 is 1.25 bits per heavy atom. The maximum atomic E-state index is 8.29. The zero-order chi connectivity index (χ0) is 19.8. The number of aliphatic hydroxyl groups is 6. The first-order chi connectivity index (χ1) is 11.5. The van der Waals surface area contributed by atoms with Gasteiger partial charge in [-0.3, -0.25) is 0 Å². The first-order valence-electron chi connectivity index (χ1n) is 7.15. The van der Waals surface area contributed by atoms with Crippen LogP contribution in [-0.2, 0) is 6.54 Å². The number of rotatable bonds is 5. The molecule has 0 spiro atoms. The van der Waals surface area contributed by atoms with Crippen molar-refractivity contribution in [1.29, 1.82) is 0 Å². The highest BCUT2D eigenvalue weighted by Gasteiger charge is 1.92. The lowest BCUT2D eigenvalue weighted by molar-refractivity contribution is 0.102. The Hall–Kier alpha value is -1.14. The molecule has 1 atom stereocenters. The van der Waals surface area contributed by atoms with Crippen molar-refractivity contribution in [3.05, 3.63) is 35.9 Å². The highest BCUT2D eigenvalue weighted by atomic mass is 16.3. The lowest BCUT2D eigenvalue weighted by Crippen LogP contribution is -2.27. The van der Waals surface area contributed by atoms with Gasteiger partial charge in [-0.1, -0.05) is 30.3 Å². The molecule has 146 valence electrons. The summed E-state index contributed by atoms with van der Waals surface area (Å²) >= 11 is 0. The second-order valence-electron chi connectivity index (χ2n) is 3.89. The van der Waals surface area contributed by atoms with Gasteiger partial charge < -0.3 is 47.8 Å². The molecule has 0 aromatic heterocycles. The lowest BCUT2D eigenvalue weighted by Gasteiger charge is -1.98. The van der Waals surface area contributed by atoms with Gasteiger partial charge in [0.25, 0.3) is 0 Å². The molecule has 0 saturated carbocycles. The van der Waals surface area contributed by atoms with Crippen LogP contribution in [0.1, 0.15) is 5.56 Å². The lowest BCUT2D eigenvalue weighted by atomic mass is 10.2. The number of nitrogens with two attached hydrogens (primary N) is 3.